The molecule has 1 saturated carbocycles. The molecule has 0 saturated heterocycles. The Hall–Kier alpha value is -0.380. The van der Waals surface area contributed by atoms with Crippen LogP contribution in [0, 0.1) is 0 Å². The van der Waals surface area contributed by atoms with Crippen LogP contribution in [0.15, 0.2) is 23.1 Å². The van der Waals surface area contributed by atoms with Gasteiger partial charge in [0.05, 0.1) is 10.6 Å². The molecule has 0 bridgehead atoms. The zero-order valence-electron chi connectivity index (χ0n) is 9.79. The maximum Gasteiger partial charge on any atom is 0.0741 e. The molecule has 94 valence electrons. The Morgan fingerprint density at radius 2 is 2.00 bits per heavy atom. The molecule has 2 rings (SSSR count). The first-order valence-corrected chi connectivity index (χ1v) is 7.36. The summed E-state index contributed by atoms with van der Waals surface area (Å²) in [7, 11) is 0. The summed E-state index contributed by atoms with van der Waals surface area (Å²) in [5, 5.41) is 11.1. The van der Waals surface area contributed by atoms with E-state index in [1.54, 1.807) is 17.8 Å². The van der Waals surface area contributed by atoms with Gasteiger partial charge in [0.15, 0.2) is 0 Å². The zero-order valence-corrected chi connectivity index (χ0v) is 11.4. The molecule has 0 aliphatic heterocycles. The Kier molecular flexibility index (Phi) is 4.23. The second kappa shape index (κ2) is 5.51. The highest BCUT2D eigenvalue weighted by molar-refractivity contribution is 7.99. The Morgan fingerprint density at radius 3 is 2.71 bits per heavy atom. The van der Waals surface area contributed by atoms with E-state index in [1.807, 2.05) is 12.1 Å². The fraction of sp³-hybridized carbons (Fsp3) is 0.538. The van der Waals surface area contributed by atoms with Gasteiger partial charge in [0.25, 0.3) is 0 Å². The van der Waals surface area contributed by atoms with Crippen LogP contribution in [-0.4, -0.2) is 16.5 Å². The van der Waals surface area contributed by atoms with Crippen LogP contribution in [-0.2, 0) is 0 Å². The molecule has 3 N–H and O–H groups in total. The summed E-state index contributed by atoms with van der Waals surface area (Å²) in [6.45, 7) is 0. The lowest BCUT2D eigenvalue weighted by atomic mass is 9.86. The van der Waals surface area contributed by atoms with Crippen molar-refractivity contribution in [3.63, 3.8) is 0 Å². The summed E-state index contributed by atoms with van der Waals surface area (Å²) >= 11 is 7.71. The zero-order chi connectivity index (χ0) is 12.3. The van der Waals surface area contributed by atoms with Crippen LogP contribution in [0.4, 0.5) is 5.69 Å². The summed E-state index contributed by atoms with van der Waals surface area (Å²) in [6, 6.07) is 5.48. The quantitative estimate of drug-likeness (QED) is 0.651. The molecule has 0 atom stereocenters. The highest BCUT2D eigenvalue weighted by Crippen LogP contribution is 2.36. The molecule has 0 aromatic heterocycles. The summed E-state index contributed by atoms with van der Waals surface area (Å²) in [5.41, 5.74) is 5.93. The van der Waals surface area contributed by atoms with Crippen molar-refractivity contribution in [2.24, 2.45) is 0 Å². The van der Waals surface area contributed by atoms with Gasteiger partial charge in [-0.2, -0.15) is 0 Å². The van der Waals surface area contributed by atoms with Crippen molar-refractivity contribution >= 4 is 29.1 Å². The number of hydrogen-bond acceptors (Lipinski definition) is 3. The Bertz CT molecular complexity index is 391. The van der Waals surface area contributed by atoms with Gasteiger partial charge >= 0.3 is 0 Å². The average molecular weight is 272 g/mol. The van der Waals surface area contributed by atoms with Gasteiger partial charge < -0.3 is 10.8 Å². The summed E-state index contributed by atoms with van der Waals surface area (Å²) in [5.74, 6) is 0.705. The molecule has 0 amide bonds. The van der Waals surface area contributed by atoms with Gasteiger partial charge in [-0.3, -0.25) is 0 Å². The highest BCUT2D eigenvalue weighted by Gasteiger charge is 2.29. The van der Waals surface area contributed by atoms with Gasteiger partial charge in [-0.15, -0.1) is 11.8 Å². The summed E-state index contributed by atoms with van der Waals surface area (Å²) in [6.07, 6.45) is 5.30. The minimum absolute atomic E-state index is 0.517. The van der Waals surface area contributed by atoms with E-state index in [0.29, 0.717) is 16.5 Å². The van der Waals surface area contributed by atoms with E-state index >= 15 is 0 Å². The largest absolute Gasteiger partial charge is 0.399 e. The van der Waals surface area contributed by atoms with Crippen molar-refractivity contribution in [2.45, 2.75) is 42.6 Å². The molecule has 1 aliphatic rings. The number of halogens is 1. The topological polar surface area (TPSA) is 46.2 Å². The molecular formula is C13H18ClNOS. The van der Waals surface area contributed by atoms with Crippen molar-refractivity contribution < 1.29 is 5.11 Å². The Morgan fingerprint density at radius 1 is 1.29 bits per heavy atom. The molecule has 1 fully saturated rings. The van der Waals surface area contributed by atoms with Crippen LogP contribution in [0.1, 0.15) is 32.1 Å². The molecule has 4 heteroatoms. The molecule has 1 aromatic rings. The van der Waals surface area contributed by atoms with Gasteiger partial charge in [0.2, 0.25) is 0 Å². The smallest absolute Gasteiger partial charge is 0.0741 e. The molecule has 1 aliphatic carbocycles. The number of thioether (sulfide) groups is 1. The number of rotatable bonds is 3. The first kappa shape index (κ1) is 13.1. The van der Waals surface area contributed by atoms with Gasteiger partial charge in [-0.05, 0) is 31.0 Å². The first-order chi connectivity index (χ1) is 8.09. The van der Waals surface area contributed by atoms with Crippen LogP contribution < -0.4 is 5.73 Å². The van der Waals surface area contributed by atoms with Gasteiger partial charge in [-0.1, -0.05) is 30.9 Å². The molecule has 0 unspecified atom stereocenters. The van der Waals surface area contributed by atoms with Crippen molar-refractivity contribution in [2.75, 3.05) is 11.5 Å². The second-order valence-electron chi connectivity index (χ2n) is 4.76. The SMILES string of the molecule is Nc1ccc(Cl)c(SCC2(O)CCCCC2)c1. The van der Waals surface area contributed by atoms with Crippen LogP contribution in [0.25, 0.3) is 0 Å². The van der Waals surface area contributed by atoms with Crippen LogP contribution in [0.5, 0.6) is 0 Å². The highest BCUT2D eigenvalue weighted by atomic mass is 35.5. The first-order valence-electron chi connectivity index (χ1n) is 5.99. The number of aliphatic hydroxyl groups is 1. The predicted octanol–water partition coefficient (Wildman–Crippen LogP) is 3.71. The van der Waals surface area contributed by atoms with E-state index < -0.39 is 5.60 Å². The average Bonchev–Trinajstić information content (AvgIpc) is 2.31. The lowest BCUT2D eigenvalue weighted by molar-refractivity contribution is 0.0273. The number of anilines is 1. The molecule has 0 spiro atoms. The van der Waals surface area contributed by atoms with Crippen molar-refractivity contribution in [1.82, 2.24) is 0 Å². The second-order valence-corrected chi connectivity index (χ2v) is 6.19. The number of nitrogen functional groups attached to an aromatic ring is 1. The fourth-order valence-electron chi connectivity index (χ4n) is 2.20. The number of hydrogen-bond donors (Lipinski definition) is 2. The maximum absolute atomic E-state index is 10.4. The minimum atomic E-state index is -0.517. The molecular weight excluding hydrogens is 254 g/mol. The van der Waals surface area contributed by atoms with Crippen LogP contribution in [0.3, 0.4) is 0 Å². The van der Waals surface area contributed by atoms with Gasteiger partial charge in [0, 0.05) is 16.3 Å². The third-order valence-corrected chi connectivity index (χ3v) is 5.01. The van der Waals surface area contributed by atoms with E-state index in [9.17, 15) is 5.11 Å². The van der Waals surface area contributed by atoms with Crippen LogP contribution >= 0.6 is 23.4 Å². The lowest BCUT2D eigenvalue weighted by Gasteiger charge is -2.31. The molecule has 2 nitrogen and oxygen atoms in total. The van der Waals surface area contributed by atoms with E-state index in [0.717, 1.165) is 30.6 Å². The molecule has 0 radical (unpaired) electrons. The van der Waals surface area contributed by atoms with Crippen molar-refractivity contribution in [3.05, 3.63) is 23.2 Å². The number of benzene rings is 1. The molecule has 0 heterocycles. The standard InChI is InChI=1S/C13H18ClNOS/c14-11-5-4-10(15)8-12(11)17-9-13(16)6-2-1-3-7-13/h4-5,8,16H,1-3,6-7,9,15H2. The van der Waals surface area contributed by atoms with E-state index in [1.165, 1.54) is 6.42 Å². The van der Waals surface area contributed by atoms with E-state index in [2.05, 4.69) is 0 Å². The summed E-state index contributed by atoms with van der Waals surface area (Å²) in [4.78, 5) is 0.964. The number of nitrogens with two attached hydrogens (primary N) is 1. The third-order valence-electron chi connectivity index (χ3n) is 3.24. The lowest BCUT2D eigenvalue weighted by Crippen LogP contribution is -2.33. The van der Waals surface area contributed by atoms with Gasteiger partial charge in [-0.25, -0.2) is 0 Å². The van der Waals surface area contributed by atoms with E-state index in [-0.39, 0.29) is 0 Å². The van der Waals surface area contributed by atoms with E-state index in [4.69, 9.17) is 17.3 Å². The van der Waals surface area contributed by atoms with Crippen molar-refractivity contribution in [3.8, 4) is 0 Å². The maximum atomic E-state index is 10.4. The van der Waals surface area contributed by atoms with Crippen molar-refractivity contribution in [1.29, 1.82) is 0 Å². The Balaban J connectivity index is 1.99. The van der Waals surface area contributed by atoms with Gasteiger partial charge in [0.1, 0.15) is 0 Å². The fourth-order valence-corrected chi connectivity index (χ4v) is 3.62. The molecule has 17 heavy (non-hydrogen) atoms. The molecule has 1 aromatic carbocycles. The summed E-state index contributed by atoms with van der Waals surface area (Å²) < 4.78 is 0. The van der Waals surface area contributed by atoms with Crippen LogP contribution in [0.2, 0.25) is 5.02 Å². The third kappa shape index (κ3) is 3.54. The Labute approximate surface area is 112 Å². The minimum Gasteiger partial charge on any atom is -0.399 e. The normalized spacial score (nSPS) is 19.2. The predicted molar refractivity (Wildman–Crippen MR) is 74.6 cm³/mol. The monoisotopic (exact) mass is 271 g/mol.